The molecule has 10 heteroatoms. The molecule has 0 saturated carbocycles. The largest absolute Gasteiger partial charge is 0.463 e. The van der Waals surface area contributed by atoms with E-state index in [4.69, 9.17) is 0 Å². The van der Waals surface area contributed by atoms with Crippen LogP contribution in [0.2, 0.25) is 0 Å². The van der Waals surface area contributed by atoms with Gasteiger partial charge in [-0.2, -0.15) is 22.0 Å². The van der Waals surface area contributed by atoms with Crippen molar-refractivity contribution < 1.29 is 31.7 Å². The fourth-order valence-corrected chi connectivity index (χ4v) is 1.04. The first-order valence-corrected chi connectivity index (χ1v) is 4.56. The number of hydrogen-bond donors (Lipinski definition) is 1. The molecule has 1 N–H and O–H groups in total. The third-order valence-corrected chi connectivity index (χ3v) is 1.96. The van der Waals surface area contributed by atoms with E-state index < -0.39 is 34.3 Å². The second-order valence-electron chi connectivity index (χ2n) is 3.33. The first kappa shape index (κ1) is 14.8. The summed E-state index contributed by atoms with van der Waals surface area (Å²) in [6.07, 6.45) is -6.04. The Morgan fingerprint density at radius 2 is 1.79 bits per heavy atom. The lowest BCUT2D eigenvalue weighted by atomic mass is 10.2. The summed E-state index contributed by atoms with van der Waals surface area (Å²) in [7, 11) is 0. The van der Waals surface area contributed by atoms with Crippen LogP contribution in [0.1, 0.15) is 0 Å². The van der Waals surface area contributed by atoms with Crippen LogP contribution in [0.4, 0.5) is 33.3 Å². The van der Waals surface area contributed by atoms with Crippen molar-refractivity contribution in [1.82, 2.24) is 0 Å². The molecule has 0 aliphatic rings. The van der Waals surface area contributed by atoms with E-state index in [-0.39, 0.29) is 0 Å². The van der Waals surface area contributed by atoms with Crippen LogP contribution >= 0.6 is 0 Å². The summed E-state index contributed by atoms with van der Waals surface area (Å²) in [5.41, 5.74) is -1.10. The molecule has 0 heterocycles. The Morgan fingerprint density at radius 1 is 1.21 bits per heavy atom. The average molecular weight is 284 g/mol. The van der Waals surface area contributed by atoms with Crippen LogP contribution in [-0.4, -0.2) is 22.9 Å². The van der Waals surface area contributed by atoms with Gasteiger partial charge in [-0.05, 0) is 6.07 Å². The SMILES string of the molecule is O=C(Nc1cccc([N+](=O)[O-])c1)C(F)(F)C(F)(F)F. The summed E-state index contributed by atoms with van der Waals surface area (Å²) >= 11 is 0. The maximum Gasteiger partial charge on any atom is 0.463 e. The number of carbonyl (C=O) groups excluding carboxylic acids is 1. The monoisotopic (exact) mass is 284 g/mol. The number of nitro groups is 1. The Morgan fingerprint density at radius 3 is 2.26 bits per heavy atom. The number of anilines is 1. The number of alkyl halides is 5. The normalized spacial score (nSPS) is 12.1. The van der Waals surface area contributed by atoms with Crippen molar-refractivity contribution in [3.63, 3.8) is 0 Å². The minimum atomic E-state index is -6.04. The number of non-ortho nitro benzene ring substituents is 1. The molecule has 1 rings (SSSR count). The molecule has 0 aromatic heterocycles. The van der Waals surface area contributed by atoms with Gasteiger partial charge in [0, 0.05) is 17.8 Å². The highest BCUT2D eigenvalue weighted by Crippen LogP contribution is 2.36. The number of nitrogens with one attached hydrogen (secondary N) is 1. The number of hydrogen-bond acceptors (Lipinski definition) is 3. The van der Waals surface area contributed by atoms with Gasteiger partial charge in [-0.25, -0.2) is 0 Å². The predicted octanol–water partition coefficient (Wildman–Crippen LogP) is 2.73. The third-order valence-electron chi connectivity index (χ3n) is 1.96. The van der Waals surface area contributed by atoms with Gasteiger partial charge in [0.2, 0.25) is 0 Å². The molecule has 0 bridgehead atoms. The second kappa shape index (κ2) is 4.78. The van der Waals surface area contributed by atoms with Gasteiger partial charge in [0.1, 0.15) is 0 Å². The van der Waals surface area contributed by atoms with Gasteiger partial charge in [0.05, 0.1) is 4.92 Å². The summed E-state index contributed by atoms with van der Waals surface area (Å²) in [6.45, 7) is 0. The Hall–Kier alpha value is -2.26. The predicted molar refractivity (Wildman–Crippen MR) is 52.7 cm³/mol. The number of halogens is 5. The van der Waals surface area contributed by atoms with Crippen LogP contribution < -0.4 is 5.32 Å². The van der Waals surface area contributed by atoms with Gasteiger partial charge < -0.3 is 5.32 Å². The van der Waals surface area contributed by atoms with Gasteiger partial charge in [-0.3, -0.25) is 14.9 Å². The van der Waals surface area contributed by atoms with Gasteiger partial charge in [-0.1, -0.05) is 6.07 Å². The molecule has 1 amide bonds. The number of amides is 1. The van der Waals surface area contributed by atoms with Crippen LogP contribution in [-0.2, 0) is 4.79 Å². The Bertz CT molecular complexity index is 515. The minimum Gasteiger partial charge on any atom is -0.320 e. The molecule has 0 aliphatic carbocycles. The van der Waals surface area contributed by atoms with Crippen LogP contribution in [0.25, 0.3) is 0 Å². The van der Waals surface area contributed by atoms with Gasteiger partial charge in [0.25, 0.3) is 5.69 Å². The molecule has 1 aromatic rings. The highest BCUT2D eigenvalue weighted by molar-refractivity contribution is 5.96. The molecule has 5 nitrogen and oxygen atoms in total. The third kappa shape index (κ3) is 3.14. The average Bonchev–Trinajstić information content (AvgIpc) is 2.27. The lowest BCUT2D eigenvalue weighted by Crippen LogP contribution is -2.47. The lowest BCUT2D eigenvalue weighted by molar-refractivity contribution is -0.384. The molecule has 0 spiro atoms. The standard InChI is InChI=1S/C9H5F5N2O3/c10-8(11,9(12,13)14)7(17)15-5-2-1-3-6(4-5)16(18)19/h1-4H,(H,15,17). The molecule has 0 fully saturated rings. The van der Waals surface area contributed by atoms with Crippen molar-refractivity contribution in [1.29, 1.82) is 0 Å². The van der Waals surface area contributed by atoms with Gasteiger partial charge in [-0.15, -0.1) is 0 Å². The highest BCUT2D eigenvalue weighted by atomic mass is 19.4. The van der Waals surface area contributed by atoms with Crippen molar-refractivity contribution >= 4 is 17.3 Å². The van der Waals surface area contributed by atoms with Crippen molar-refractivity contribution in [2.24, 2.45) is 0 Å². The van der Waals surface area contributed by atoms with E-state index in [2.05, 4.69) is 0 Å². The van der Waals surface area contributed by atoms with E-state index in [0.717, 1.165) is 18.2 Å². The molecule has 1 aromatic carbocycles. The number of carbonyl (C=O) groups is 1. The van der Waals surface area contributed by atoms with E-state index in [1.807, 2.05) is 0 Å². The maximum absolute atomic E-state index is 12.6. The Kier molecular flexibility index (Phi) is 3.73. The smallest absolute Gasteiger partial charge is 0.320 e. The number of nitrogens with zero attached hydrogens (tertiary/aromatic N) is 1. The molecule has 0 unspecified atom stereocenters. The summed E-state index contributed by atoms with van der Waals surface area (Å²) < 4.78 is 60.8. The van der Waals surface area contributed by atoms with Crippen molar-refractivity contribution in [2.75, 3.05) is 5.32 Å². The van der Waals surface area contributed by atoms with Crippen molar-refractivity contribution in [3.05, 3.63) is 34.4 Å². The molecule has 0 atom stereocenters. The molecule has 0 radical (unpaired) electrons. The van der Waals surface area contributed by atoms with Crippen LogP contribution in [0.15, 0.2) is 24.3 Å². The molecular formula is C9H5F5N2O3. The van der Waals surface area contributed by atoms with E-state index in [1.165, 1.54) is 5.32 Å². The lowest BCUT2D eigenvalue weighted by Gasteiger charge is -2.18. The Labute approximate surface area is 102 Å². The fraction of sp³-hybridized carbons (Fsp3) is 0.222. The summed E-state index contributed by atoms with van der Waals surface area (Å²) in [5.74, 6) is -8.20. The van der Waals surface area contributed by atoms with E-state index in [1.54, 1.807) is 0 Å². The van der Waals surface area contributed by atoms with E-state index in [9.17, 15) is 36.9 Å². The summed E-state index contributed by atoms with van der Waals surface area (Å²) in [4.78, 5) is 20.3. The molecular weight excluding hydrogens is 279 g/mol. The van der Waals surface area contributed by atoms with Crippen LogP contribution in [0.3, 0.4) is 0 Å². The number of rotatable bonds is 3. The zero-order valence-electron chi connectivity index (χ0n) is 8.87. The number of benzene rings is 1. The van der Waals surface area contributed by atoms with Crippen molar-refractivity contribution in [2.45, 2.75) is 12.1 Å². The molecule has 0 saturated heterocycles. The topological polar surface area (TPSA) is 72.2 Å². The molecule has 19 heavy (non-hydrogen) atoms. The van der Waals surface area contributed by atoms with E-state index in [0.29, 0.717) is 6.07 Å². The van der Waals surface area contributed by atoms with E-state index >= 15 is 0 Å². The zero-order chi connectivity index (χ0) is 14.8. The highest BCUT2D eigenvalue weighted by Gasteiger charge is 2.63. The molecule has 0 aliphatic heterocycles. The first-order valence-electron chi connectivity index (χ1n) is 4.56. The molecule has 104 valence electrons. The Balaban J connectivity index is 2.95. The second-order valence-corrected chi connectivity index (χ2v) is 3.33. The number of nitro benzene ring substituents is 1. The fourth-order valence-electron chi connectivity index (χ4n) is 1.04. The van der Waals surface area contributed by atoms with Gasteiger partial charge in [0.15, 0.2) is 0 Å². The summed E-state index contributed by atoms with van der Waals surface area (Å²) in [6, 6.07) is 3.61. The summed E-state index contributed by atoms with van der Waals surface area (Å²) in [5, 5.41) is 11.6. The quantitative estimate of drug-likeness (QED) is 0.527. The zero-order valence-corrected chi connectivity index (χ0v) is 8.87. The van der Waals surface area contributed by atoms with Crippen LogP contribution in [0.5, 0.6) is 0 Å². The maximum atomic E-state index is 12.6. The first-order chi connectivity index (χ1) is 8.55. The van der Waals surface area contributed by atoms with Crippen LogP contribution in [0, 0.1) is 10.1 Å². The van der Waals surface area contributed by atoms with Gasteiger partial charge >= 0.3 is 18.0 Å². The van der Waals surface area contributed by atoms with Crippen molar-refractivity contribution in [3.8, 4) is 0 Å². The minimum absolute atomic E-state index is 0.539.